The second-order valence-corrected chi connectivity index (χ2v) is 8.92. The van der Waals surface area contributed by atoms with Gasteiger partial charge in [-0.1, -0.05) is 29.3 Å². The van der Waals surface area contributed by atoms with Crippen LogP contribution in [0, 0.1) is 18.8 Å². The van der Waals surface area contributed by atoms with Gasteiger partial charge in [0.15, 0.2) is 0 Å². The number of amides is 2. The number of nitrogens with one attached hydrogen (secondary N) is 1. The van der Waals surface area contributed by atoms with Gasteiger partial charge >= 0.3 is 0 Å². The number of nitrogens with zero attached hydrogens (tertiary/aromatic N) is 3. The van der Waals surface area contributed by atoms with Crippen LogP contribution in [0.25, 0.3) is 0 Å². The lowest BCUT2D eigenvalue weighted by Gasteiger charge is -2.22. The molecule has 2 unspecified atom stereocenters. The van der Waals surface area contributed by atoms with E-state index in [1.54, 1.807) is 18.3 Å². The van der Waals surface area contributed by atoms with Crippen molar-refractivity contribution >= 4 is 40.7 Å². The van der Waals surface area contributed by atoms with Crippen LogP contribution in [0.5, 0.6) is 0 Å². The van der Waals surface area contributed by atoms with E-state index in [9.17, 15) is 9.59 Å². The number of aryl methyl sites for hydroxylation is 1. The zero-order valence-electron chi connectivity index (χ0n) is 16.8. The van der Waals surface area contributed by atoms with Crippen molar-refractivity contribution in [3.8, 4) is 0 Å². The molecule has 1 aromatic heterocycles. The average Bonchev–Trinajstić information content (AvgIpc) is 3.28. The van der Waals surface area contributed by atoms with Crippen LogP contribution in [0.2, 0.25) is 10.0 Å². The number of hydrogen-bond acceptors (Lipinski definition) is 4. The maximum Gasteiger partial charge on any atom is 0.255 e. The molecule has 4 rings (SSSR count). The fourth-order valence-electron chi connectivity index (χ4n) is 4.31. The molecular weight excluding hydrogens is 423 g/mol. The molecule has 2 atom stereocenters. The summed E-state index contributed by atoms with van der Waals surface area (Å²) in [5.41, 5.74) is 2.21. The maximum absolute atomic E-state index is 12.8. The lowest BCUT2D eigenvalue weighted by Crippen LogP contribution is -2.34. The first kappa shape index (κ1) is 21.1. The number of benzene rings is 1. The molecule has 2 fully saturated rings. The number of carbonyl (C=O) groups is 2. The van der Waals surface area contributed by atoms with Gasteiger partial charge in [0.1, 0.15) is 0 Å². The van der Waals surface area contributed by atoms with Gasteiger partial charge in [0, 0.05) is 62.2 Å². The number of aromatic nitrogens is 1. The third-order valence-electron chi connectivity index (χ3n) is 5.96. The maximum atomic E-state index is 12.8. The summed E-state index contributed by atoms with van der Waals surface area (Å²) in [6.45, 7) is 5.91. The van der Waals surface area contributed by atoms with E-state index in [0.29, 0.717) is 40.4 Å². The van der Waals surface area contributed by atoms with E-state index in [-0.39, 0.29) is 11.8 Å². The number of halogens is 2. The Kier molecular flexibility index (Phi) is 6.27. The quantitative estimate of drug-likeness (QED) is 0.759. The molecule has 2 aliphatic rings. The summed E-state index contributed by atoms with van der Waals surface area (Å²) >= 11 is 12.2. The van der Waals surface area contributed by atoms with Crippen molar-refractivity contribution in [3.63, 3.8) is 0 Å². The molecule has 2 amide bonds. The summed E-state index contributed by atoms with van der Waals surface area (Å²) in [5, 5.41) is 3.95. The number of carbonyl (C=O) groups excluding carboxylic acids is 2. The molecule has 0 bridgehead atoms. The number of anilines is 1. The van der Waals surface area contributed by atoms with Crippen molar-refractivity contribution in [2.75, 3.05) is 38.0 Å². The number of hydrogen-bond donors (Lipinski definition) is 1. The largest absolute Gasteiger partial charge is 0.338 e. The third-order valence-corrected chi connectivity index (χ3v) is 6.67. The van der Waals surface area contributed by atoms with E-state index in [0.717, 1.165) is 37.4 Å². The minimum absolute atomic E-state index is 0.0175. The molecule has 2 aliphatic heterocycles. The van der Waals surface area contributed by atoms with Gasteiger partial charge in [-0.25, -0.2) is 0 Å². The molecule has 158 valence electrons. The topological polar surface area (TPSA) is 65.5 Å². The zero-order chi connectivity index (χ0) is 21.3. The van der Waals surface area contributed by atoms with Crippen molar-refractivity contribution in [3.05, 3.63) is 57.8 Å². The van der Waals surface area contributed by atoms with Crippen LogP contribution < -0.4 is 5.32 Å². The Bertz CT molecular complexity index is 954. The highest BCUT2D eigenvalue weighted by Crippen LogP contribution is 2.32. The predicted octanol–water partition coefficient (Wildman–Crippen LogP) is 3.73. The van der Waals surface area contributed by atoms with Crippen LogP contribution in [0.4, 0.5) is 5.69 Å². The smallest absolute Gasteiger partial charge is 0.255 e. The summed E-state index contributed by atoms with van der Waals surface area (Å²) in [4.78, 5) is 33.2. The van der Waals surface area contributed by atoms with E-state index in [1.807, 2.05) is 24.0 Å². The molecule has 0 spiro atoms. The van der Waals surface area contributed by atoms with Crippen LogP contribution >= 0.6 is 23.2 Å². The van der Waals surface area contributed by atoms with Crippen LogP contribution in [0.3, 0.4) is 0 Å². The first-order valence-electron chi connectivity index (χ1n) is 10.1. The summed E-state index contributed by atoms with van der Waals surface area (Å²) in [6, 6.07) is 7.20. The summed E-state index contributed by atoms with van der Waals surface area (Å²) in [5.74, 6) is 0.831. The molecule has 3 heterocycles. The molecule has 0 aliphatic carbocycles. The van der Waals surface area contributed by atoms with Crippen molar-refractivity contribution in [1.29, 1.82) is 0 Å². The normalized spacial score (nSPS) is 21.0. The fraction of sp³-hybridized carbons (Fsp3) is 0.409. The molecule has 30 heavy (non-hydrogen) atoms. The van der Waals surface area contributed by atoms with E-state index < -0.39 is 0 Å². The lowest BCUT2D eigenvalue weighted by molar-refractivity contribution is -0.116. The standard InChI is InChI=1S/C22H24Cl2N4O2/c1-14-2-3-17(8-19(14)23)26-21(29)5-7-27-10-15-12-28(13-16(15)11-27)22(30)18-4-6-25-9-20(18)24/h2-4,6,8-9,15-16H,5,7,10-13H2,1H3,(H,26,29). The van der Waals surface area contributed by atoms with Gasteiger partial charge in [-0.3, -0.25) is 14.6 Å². The van der Waals surface area contributed by atoms with Crippen molar-refractivity contribution in [1.82, 2.24) is 14.8 Å². The van der Waals surface area contributed by atoms with Crippen LogP contribution in [0.15, 0.2) is 36.7 Å². The molecule has 6 nitrogen and oxygen atoms in total. The lowest BCUT2D eigenvalue weighted by atomic mass is 10.0. The number of pyridine rings is 1. The molecule has 8 heteroatoms. The predicted molar refractivity (Wildman–Crippen MR) is 118 cm³/mol. The first-order chi connectivity index (χ1) is 14.4. The van der Waals surface area contributed by atoms with Crippen molar-refractivity contribution < 1.29 is 9.59 Å². The fourth-order valence-corrected chi connectivity index (χ4v) is 4.69. The van der Waals surface area contributed by atoms with Crippen LogP contribution in [0.1, 0.15) is 22.3 Å². The molecule has 1 aromatic carbocycles. The second-order valence-electron chi connectivity index (χ2n) is 8.11. The van der Waals surface area contributed by atoms with Crippen molar-refractivity contribution in [2.24, 2.45) is 11.8 Å². The van der Waals surface area contributed by atoms with Gasteiger partial charge in [-0.2, -0.15) is 0 Å². The van der Waals surface area contributed by atoms with Gasteiger partial charge in [-0.15, -0.1) is 0 Å². The second kappa shape index (κ2) is 8.92. The summed E-state index contributed by atoms with van der Waals surface area (Å²) in [7, 11) is 0. The monoisotopic (exact) mass is 446 g/mol. The third kappa shape index (κ3) is 4.61. The number of fused-ring (bicyclic) bond motifs is 1. The van der Waals surface area contributed by atoms with E-state index in [2.05, 4.69) is 15.2 Å². The Morgan fingerprint density at radius 1 is 1.10 bits per heavy atom. The minimum atomic E-state index is -0.0283. The zero-order valence-corrected chi connectivity index (χ0v) is 18.3. The van der Waals surface area contributed by atoms with Crippen molar-refractivity contribution in [2.45, 2.75) is 13.3 Å². The van der Waals surface area contributed by atoms with Crippen LogP contribution in [-0.2, 0) is 4.79 Å². The van der Waals surface area contributed by atoms with E-state index in [4.69, 9.17) is 23.2 Å². The Hall–Kier alpha value is -2.15. The minimum Gasteiger partial charge on any atom is -0.338 e. The molecule has 0 saturated carbocycles. The van der Waals surface area contributed by atoms with E-state index >= 15 is 0 Å². The van der Waals surface area contributed by atoms with Crippen LogP contribution in [-0.4, -0.2) is 59.3 Å². The molecule has 1 N–H and O–H groups in total. The Balaban J connectivity index is 1.24. The summed E-state index contributed by atoms with van der Waals surface area (Å²) in [6.07, 6.45) is 3.52. The number of likely N-dealkylation sites (tertiary alicyclic amines) is 2. The first-order valence-corrected chi connectivity index (χ1v) is 10.8. The van der Waals surface area contributed by atoms with Gasteiger partial charge in [-0.05, 0) is 42.5 Å². The Morgan fingerprint density at radius 3 is 2.50 bits per heavy atom. The van der Waals surface area contributed by atoms with Gasteiger partial charge in [0.05, 0.1) is 10.6 Å². The molecule has 0 radical (unpaired) electrons. The highest BCUT2D eigenvalue weighted by molar-refractivity contribution is 6.33. The highest BCUT2D eigenvalue weighted by atomic mass is 35.5. The molecular formula is C22H24Cl2N4O2. The SMILES string of the molecule is Cc1ccc(NC(=O)CCN2CC3CN(C(=O)c4ccncc4Cl)CC3C2)cc1Cl. The Morgan fingerprint density at radius 2 is 1.83 bits per heavy atom. The molecule has 2 aromatic rings. The number of rotatable bonds is 5. The Labute approximate surface area is 186 Å². The van der Waals surface area contributed by atoms with Gasteiger partial charge in [0.25, 0.3) is 5.91 Å². The van der Waals surface area contributed by atoms with Gasteiger partial charge < -0.3 is 15.1 Å². The average molecular weight is 447 g/mol. The highest BCUT2D eigenvalue weighted by Gasteiger charge is 2.41. The summed E-state index contributed by atoms with van der Waals surface area (Å²) < 4.78 is 0. The van der Waals surface area contributed by atoms with E-state index in [1.165, 1.54) is 6.20 Å². The van der Waals surface area contributed by atoms with Gasteiger partial charge in [0.2, 0.25) is 5.91 Å². The molecule has 2 saturated heterocycles.